The van der Waals surface area contributed by atoms with Gasteiger partial charge in [-0.15, -0.1) is 11.3 Å². The minimum atomic E-state index is -0.344. The van der Waals surface area contributed by atoms with Crippen molar-refractivity contribution in [3.8, 4) is 10.6 Å². The van der Waals surface area contributed by atoms with Crippen LogP contribution >= 0.6 is 11.3 Å². The maximum atomic E-state index is 12.7. The van der Waals surface area contributed by atoms with Gasteiger partial charge in [0.15, 0.2) is 0 Å². The fourth-order valence-corrected chi connectivity index (χ4v) is 4.23. The van der Waals surface area contributed by atoms with Crippen LogP contribution in [0.4, 0.5) is 0 Å². The van der Waals surface area contributed by atoms with E-state index in [1.54, 1.807) is 29.5 Å². The summed E-state index contributed by atoms with van der Waals surface area (Å²) in [4.78, 5) is 38.7. The number of carbonyl (C=O) groups is 1. The summed E-state index contributed by atoms with van der Waals surface area (Å²) in [6, 6.07) is 13.9. The number of amides is 1. The predicted octanol–water partition coefficient (Wildman–Crippen LogP) is 2.59. The molecule has 32 heavy (non-hydrogen) atoms. The summed E-state index contributed by atoms with van der Waals surface area (Å²) in [5, 5.41) is 14.9. The Hall–Kier alpha value is -3.59. The van der Waals surface area contributed by atoms with Crippen molar-refractivity contribution < 1.29 is 4.79 Å². The SMILES string of the molecule is CC[C@@H](Cn1nc(-c2cccs2)ccc1=O)NC(=O)Cn1nc(C)c2ccccc2c1=O. The van der Waals surface area contributed by atoms with Gasteiger partial charge in [0.2, 0.25) is 5.91 Å². The third kappa shape index (κ3) is 4.52. The van der Waals surface area contributed by atoms with Crippen molar-refractivity contribution in [2.24, 2.45) is 0 Å². The molecule has 0 spiro atoms. The summed E-state index contributed by atoms with van der Waals surface area (Å²) in [7, 11) is 0. The summed E-state index contributed by atoms with van der Waals surface area (Å²) in [5.74, 6) is -0.344. The van der Waals surface area contributed by atoms with Crippen molar-refractivity contribution >= 4 is 28.0 Å². The number of thiophene rings is 1. The van der Waals surface area contributed by atoms with Crippen LogP contribution in [-0.2, 0) is 17.9 Å². The van der Waals surface area contributed by atoms with Crippen molar-refractivity contribution in [1.82, 2.24) is 24.9 Å². The quantitative estimate of drug-likeness (QED) is 0.468. The standard InChI is InChI=1S/C23H23N5O3S/c1-3-16(13-27-22(30)11-10-19(26-27)20-9-6-12-32-20)24-21(29)14-28-23(31)18-8-5-4-7-17(18)15(2)25-28/h4-12,16H,3,13-14H2,1-2H3,(H,24,29)/t16-/m0/s1. The highest BCUT2D eigenvalue weighted by molar-refractivity contribution is 7.13. The van der Waals surface area contributed by atoms with Crippen molar-refractivity contribution in [2.45, 2.75) is 39.4 Å². The molecular weight excluding hydrogens is 426 g/mol. The molecule has 1 atom stereocenters. The first kappa shape index (κ1) is 21.6. The first-order chi connectivity index (χ1) is 15.5. The van der Waals surface area contributed by atoms with Crippen LogP contribution in [0, 0.1) is 6.92 Å². The van der Waals surface area contributed by atoms with Crippen molar-refractivity contribution in [3.05, 3.63) is 80.3 Å². The molecule has 0 aliphatic rings. The third-order valence-corrected chi connectivity index (χ3v) is 6.13. The van der Waals surface area contributed by atoms with E-state index in [1.807, 2.05) is 43.5 Å². The molecule has 1 amide bonds. The summed E-state index contributed by atoms with van der Waals surface area (Å²) in [6.07, 6.45) is 0.599. The van der Waals surface area contributed by atoms with Gasteiger partial charge in [-0.05, 0) is 36.9 Å². The lowest BCUT2D eigenvalue weighted by Crippen LogP contribution is -2.43. The third-order valence-electron chi connectivity index (χ3n) is 5.24. The average Bonchev–Trinajstić information content (AvgIpc) is 3.33. The first-order valence-corrected chi connectivity index (χ1v) is 11.2. The number of carbonyl (C=O) groups excluding carboxylic acids is 1. The van der Waals surface area contributed by atoms with E-state index in [2.05, 4.69) is 15.5 Å². The minimum absolute atomic E-state index is 0.196. The molecule has 1 aromatic carbocycles. The Balaban J connectivity index is 1.50. The van der Waals surface area contributed by atoms with E-state index >= 15 is 0 Å². The molecule has 0 aliphatic carbocycles. The van der Waals surface area contributed by atoms with Gasteiger partial charge >= 0.3 is 0 Å². The Morgan fingerprint density at radius 1 is 1.03 bits per heavy atom. The predicted molar refractivity (Wildman–Crippen MR) is 125 cm³/mol. The zero-order chi connectivity index (χ0) is 22.7. The number of hydrogen-bond donors (Lipinski definition) is 1. The van der Waals surface area contributed by atoms with E-state index in [0.717, 1.165) is 10.3 Å². The molecule has 4 rings (SSSR count). The van der Waals surface area contributed by atoms with Crippen LogP contribution in [0.2, 0.25) is 0 Å². The van der Waals surface area contributed by atoms with Crippen molar-refractivity contribution in [3.63, 3.8) is 0 Å². The number of fused-ring (bicyclic) bond motifs is 1. The molecular formula is C23H23N5O3S. The van der Waals surface area contributed by atoms with Crippen LogP contribution in [-0.4, -0.2) is 31.5 Å². The largest absolute Gasteiger partial charge is 0.350 e. The van der Waals surface area contributed by atoms with Crippen molar-refractivity contribution in [2.75, 3.05) is 0 Å². The van der Waals surface area contributed by atoms with E-state index in [1.165, 1.54) is 15.4 Å². The molecule has 0 radical (unpaired) electrons. The van der Waals surface area contributed by atoms with Crippen LogP contribution in [0.1, 0.15) is 19.0 Å². The molecule has 164 valence electrons. The molecule has 9 heteroatoms. The van der Waals surface area contributed by atoms with E-state index < -0.39 is 0 Å². The molecule has 8 nitrogen and oxygen atoms in total. The fraction of sp³-hybridized carbons (Fsp3) is 0.261. The first-order valence-electron chi connectivity index (χ1n) is 10.3. The normalized spacial score (nSPS) is 12.1. The van der Waals surface area contributed by atoms with Gasteiger partial charge in [-0.3, -0.25) is 14.4 Å². The van der Waals surface area contributed by atoms with Crippen molar-refractivity contribution in [1.29, 1.82) is 0 Å². The molecule has 4 aromatic rings. The topological polar surface area (TPSA) is 98.9 Å². The molecule has 0 aliphatic heterocycles. The monoisotopic (exact) mass is 449 g/mol. The molecule has 1 N–H and O–H groups in total. The van der Waals surface area contributed by atoms with Gasteiger partial charge in [-0.2, -0.15) is 10.2 Å². The molecule has 0 unspecified atom stereocenters. The second-order valence-electron chi connectivity index (χ2n) is 7.48. The number of nitrogens with zero attached hydrogens (tertiary/aromatic N) is 4. The van der Waals surface area contributed by atoms with E-state index in [-0.39, 0.29) is 36.2 Å². The van der Waals surface area contributed by atoms with Gasteiger partial charge in [-0.25, -0.2) is 9.36 Å². The summed E-state index contributed by atoms with van der Waals surface area (Å²) in [6.45, 7) is 3.77. The maximum absolute atomic E-state index is 12.7. The highest BCUT2D eigenvalue weighted by Crippen LogP contribution is 2.21. The van der Waals surface area contributed by atoms with Gasteiger partial charge in [0.1, 0.15) is 12.2 Å². The Morgan fingerprint density at radius 3 is 2.53 bits per heavy atom. The fourth-order valence-electron chi connectivity index (χ4n) is 3.54. The number of aryl methyl sites for hydroxylation is 1. The average molecular weight is 450 g/mol. The second kappa shape index (κ2) is 9.27. The molecule has 0 fully saturated rings. The van der Waals surface area contributed by atoms with E-state index in [0.29, 0.717) is 23.2 Å². The number of aromatic nitrogens is 4. The van der Waals surface area contributed by atoms with Gasteiger partial charge in [0.25, 0.3) is 11.1 Å². The summed E-state index contributed by atoms with van der Waals surface area (Å²) >= 11 is 1.54. The van der Waals surface area contributed by atoms with E-state index in [9.17, 15) is 14.4 Å². The van der Waals surface area contributed by atoms with E-state index in [4.69, 9.17) is 0 Å². The number of benzene rings is 1. The zero-order valence-corrected chi connectivity index (χ0v) is 18.6. The lowest BCUT2D eigenvalue weighted by Gasteiger charge is -2.18. The number of hydrogen-bond acceptors (Lipinski definition) is 6. The molecule has 3 aromatic heterocycles. The Morgan fingerprint density at radius 2 is 1.81 bits per heavy atom. The Labute approximate surface area is 188 Å². The maximum Gasteiger partial charge on any atom is 0.275 e. The lowest BCUT2D eigenvalue weighted by atomic mass is 10.1. The number of nitrogens with one attached hydrogen (secondary N) is 1. The van der Waals surface area contributed by atoms with Gasteiger partial charge in [0, 0.05) is 17.5 Å². The van der Waals surface area contributed by atoms with Crippen LogP contribution in [0.25, 0.3) is 21.3 Å². The van der Waals surface area contributed by atoms with Gasteiger partial charge in [-0.1, -0.05) is 31.2 Å². The van der Waals surface area contributed by atoms with Crippen LogP contribution < -0.4 is 16.4 Å². The van der Waals surface area contributed by atoms with Crippen LogP contribution in [0.5, 0.6) is 0 Å². The van der Waals surface area contributed by atoms with Crippen LogP contribution in [0.3, 0.4) is 0 Å². The summed E-state index contributed by atoms with van der Waals surface area (Å²) in [5.41, 5.74) is 0.848. The molecule has 0 saturated carbocycles. The highest BCUT2D eigenvalue weighted by atomic mass is 32.1. The minimum Gasteiger partial charge on any atom is -0.350 e. The Bertz CT molecular complexity index is 1370. The lowest BCUT2D eigenvalue weighted by molar-refractivity contribution is -0.122. The van der Waals surface area contributed by atoms with Gasteiger partial charge < -0.3 is 5.32 Å². The second-order valence-corrected chi connectivity index (χ2v) is 8.43. The number of rotatable bonds is 7. The summed E-state index contributed by atoms with van der Waals surface area (Å²) < 4.78 is 2.55. The smallest absolute Gasteiger partial charge is 0.275 e. The highest BCUT2D eigenvalue weighted by Gasteiger charge is 2.16. The molecule has 3 heterocycles. The van der Waals surface area contributed by atoms with Gasteiger partial charge in [0.05, 0.1) is 22.5 Å². The molecule has 0 saturated heterocycles. The Kier molecular flexibility index (Phi) is 6.27. The zero-order valence-electron chi connectivity index (χ0n) is 17.8. The molecule has 0 bridgehead atoms. The van der Waals surface area contributed by atoms with Crippen LogP contribution in [0.15, 0.2) is 63.5 Å².